The Bertz CT molecular complexity index is 905. The number of hydrogen-bond donors (Lipinski definition) is 4. The molecule has 6 nitrogen and oxygen atoms in total. The third-order valence-electron chi connectivity index (χ3n) is 6.14. The van der Waals surface area contributed by atoms with E-state index in [0.29, 0.717) is 11.3 Å². The Morgan fingerprint density at radius 2 is 2.00 bits per heavy atom. The summed E-state index contributed by atoms with van der Waals surface area (Å²) >= 11 is 0. The standard InChI is InChI=1S/C20H30N4O2S/c1-19(2,3)27(26)24-17-11-20(6-7-21-12-20)10-14(17)8-13-4-5-15-16(9-13)23-18(25)22-15/h4-5,9,14,17,21,24H,6-8,10-12H2,1-3H3,(H2,22,23,25). The Kier molecular flexibility index (Phi) is 4.81. The predicted molar refractivity (Wildman–Crippen MR) is 110 cm³/mol. The molecule has 4 unspecified atom stereocenters. The Hall–Kier alpha value is -1.44. The van der Waals surface area contributed by atoms with Gasteiger partial charge < -0.3 is 15.3 Å². The summed E-state index contributed by atoms with van der Waals surface area (Å²) in [5, 5.41) is 3.52. The average Bonchev–Trinajstić information content (AvgIpc) is 3.26. The van der Waals surface area contributed by atoms with Gasteiger partial charge in [0.1, 0.15) is 0 Å². The molecule has 2 fully saturated rings. The maximum absolute atomic E-state index is 12.7. The zero-order valence-corrected chi connectivity index (χ0v) is 17.2. The van der Waals surface area contributed by atoms with E-state index in [1.807, 2.05) is 26.8 Å². The molecule has 4 atom stereocenters. The van der Waals surface area contributed by atoms with E-state index in [1.54, 1.807) is 0 Å². The summed E-state index contributed by atoms with van der Waals surface area (Å²) < 4.78 is 15.9. The van der Waals surface area contributed by atoms with Crippen LogP contribution in [0.15, 0.2) is 23.0 Å². The zero-order valence-electron chi connectivity index (χ0n) is 16.4. The number of benzene rings is 1. The van der Waals surface area contributed by atoms with Crippen molar-refractivity contribution in [1.29, 1.82) is 0 Å². The summed E-state index contributed by atoms with van der Waals surface area (Å²) in [6.07, 6.45) is 4.37. The molecule has 1 aromatic heterocycles. The first kappa shape index (κ1) is 18.9. The molecule has 1 aliphatic heterocycles. The molecule has 1 aromatic carbocycles. The van der Waals surface area contributed by atoms with Gasteiger partial charge in [-0.05, 0) is 82.0 Å². The summed E-state index contributed by atoms with van der Waals surface area (Å²) in [6, 6.07) is 6.40. The quantitative estimate of drug-likeness (QED) is 0.645. The van der Waals surface area contributed by atoms with Gasteiger partial charge in [0.25, 0.3) is 0 Å². The van der Waals surface area contributed by atoms with E-state index in [1.165, 1.54) is 12.0 Å². The number of nitrogens with one attached hydrogen (secondary N) is 4. The maximum atomic E-state index is 12.7. The van der Waals surface area contributed by atoms with E-state index in [9.17, 15) is 9.00 Å². The van der Waals surface area contributed by atoms with Gasteiger partial charge in [0.15, 0.2) is 0 Å². The molecule has 0 bridgehead atoms. The minimum absolute atomic E-state index is 0.167. The highest BCUT2D eigenvalue weighted by Gasteiger charge is 2.47. The van der Waals surface area contributed by atoms with Gasteiger partial charge in [0.05, 0.1) is 26.8 Å². The molecule has 148 valence electrons. The minimum atomic E-state index is -1.06. The lowest BCUT2D eigenvalue weighted by atomic mass is 9.84. The third kappa shape index (κ3) is 3.91. The largest absolute Gasteiger partial charge is 0.323 e. The van der Waals surface area contributed by atoms with Crippen LogP contribution < -0.4 is 15.7 Å². The highest BCUT2D eigenvalue weighted by atomic mass is 32.2. The van der Waals surface area contributed by atoms with E-state index >= 15 is 0 Å². The fraction of sp³-hybridized carbons (Fsp3) is 0.650. The van der Waals surface area contributed by atoms with Crippen molar-refractivity contribution in [2.24, 2.45) is 11.3 Å². The van der Waals surface area contributed by atoms with Crippen molar-refractivity contribution in [3.63, 3.8) is 0 Å². The molecule has 2 aliphatic rings. The van der Waals surface area contributed by atoms with Gasteiger partial charge in [-0.15, -0.1) is 0 Å². The SMILES string of the molecule is CC(C)(C)S(=O)NC1CC2(CCNC2)CC1Cc1ccc2[nH]c(=O)[nH]c2c1. The number of aromatic amines is 2. The van der Waals surface area contributed by atoms with Crippen LogP contribution in [0, 0.1) is 11.3 Å². The van der Waals surface area contributed by atoms with E-state index < -0.39 is 11.0 Å². The van der Waals surface area contributed by atoms with Crippen LogP contribution in [0.4, 0.5) is 0 Å². The van der Waals surface area contributed by atoms with Crippen molar-refractivity contribution in [2.45, 2.75) is 57.2 Å². The van der Waals surface area contributed by atoms with E-state index in [2.05, 4.69) is 32.1 Å². The molecule has 0 amide bonds. The van der Waals surface area contributed by atoms with Crippen molar-refractivity contribution < 1.29 is 4.21 Å². The second-order valence-electron chi connectivity index (χ2n) is 9.36. The zero-order chi connectivity index (χ0) is 19.2. The van der Waals surface area contributed by atoms with Crippen molar-refractivity contribution in [2.75, 3.05) is 13.1 Å². The molecule has 7 heteroatoms. The number of rotatable bonds is 4. The first-order valence-electron chi connectivity index (χ1n) is 9.84. The smallest absolute Gasteiger partial charge is 0.316 e. The fourth-order valence-electron chi connectivity index (χ4n) is 4.73. The van der Waals surface area contributed by atoms with Crippen molar-refractivity contribution in [3.05, 3.63) is 34.2 Å². The van der Waals surface area contributed by atoms with Crippen molar-refractivity contribution in [3.8, 4) is 0 Å². The lowest BCUT2D eigenvalue weighted by Gasteiger charge is -2.26. The Labute approximate surface area is 162 Å². The monoisotopic (exact) mass is 390 g/mol. The van der Waals surface area contributed by atoms with Crippen LogP contribution >= 0.6 is 0 Å². The molecule has 4 rings (SSSR count). The number of aromatic nitrogens is 2. The van der Waals surface area contributed by atoms with Gasteiger partial charge in [-0.3, -0.25) is 0 Å². The average molecular weight is 391 g/mol. The number of fused-ring (bicyclic) bond motifs is 1. The van der Waals surface area contributed by atoms with Crippen LogP contribution in [0.3, 0.4) is 0 Å². The van der Waals surface area contributed by atoms with Crippen LogP contribution in [-0.4, -0.2) is 38.1 Å². The van der Waals surface area contributed by atoms with Gasteiger partial charge >= 0.3 is 5.69 Å². The van der Waals surface area contributed by atoms with Gasteiger partial charge in [-0.1, -0.05) is 6.07 Å². The Morgan fingerprint density at radius 3 is 2.70 bits per heavy atom. The van der Waals surface area contributed by atoms with E-state index in [-0.39, 0.29) is 16.5 Å². The Balaban J connectivity index is 1.56. The summed E-state index contributed by atoms with van der Waals surface area (Å²) in [5.41, 5.74) is 3.08. The first-order chi connectivity index (χ1) is 12.7. The highest BCUT2D eigenvalue weighted by Crippen LogP contribution is 2.47. The van der Waals surface area contributed by atoms with Gasteiger partial charge in [-0.25, -0.2) is 13.7 Å². The normalized spacial score (nSPS) is 29.7. The van der Waals surface area contributed by atoms with Gasteiger partial charge in [-0.2, -0.15) is 0 Å². The maximum Gasteiger partial charge on any atom is 0.323 e. The van der Waals surface area contributed by atoms with Crippen molar-refractivity contribution >= 4 is 22.0 Å². The fourth-order valence-corrected chi connectivity index (χ4v) is 5.64. The van der Waals surface area contributed by atoms with Crippen LogP contribution in [0.25, 0.3) is 11.0 Å². The van der Waals surface area contributed by atoms with Gasteiger partial charge in [0.2, 0.25) is 0 Å². The predicted octanol–water partition coefficient (Wildman–Crippen LogP) is 2.21. The number of imidazole rings is 1. The topological polar surface area (TPSA) is 89.8 Å². The van der Waals surface area contributed by atoms with E-state index in [0.717, 1.165) is 43.4 Å². The number of H-pyrrole nitrogens is 2. The second-order valence-corrected chi connectivity index (χ2v) is 11.4. The third-order valence-corrected chi connectivity index (χ3v) is 7.77. The highest BCUT2D eigenvalue weighted by molar-refractivity contribution is 7.84. The lowest BCUT2D eigenvalue weighted by Crippen LogP contribution is -2.42. The molecule has 27 heavy (non-hydrogen) atoms. The summed E-state index contributed by atoms with van der Waals surface area (Å²) in [7, 11) is -1.06. The molecule has 2 heterocycles. The summed E-state index contributed by atoms with van der Waals surface area (Å²) in [6.45, 7) is 8.20. The molecule has 1 spiro atoms. The molecule has 4 N–H and O–H groups in total. The minimum Gasteiger partial charge on any atom is -0.316 e. The molecule has 1 saturated heterocycles. The molecular weight excluding hydrogens is 360 g/mol. The molecule has 2 aromatic rings. The second kappa shape index (κ2) is 6.87. The van der Waals surface area contributed by atoms with Crippen LogP contribution in [0.2, 0.25) is 0 Å². The van der Waals surface area contributed by atoms with Gasteiger partial charge in [0, 0.05) is 12.6 Å². The van der Waals surface area contributed by atoms with Crippen LogP contribution in [0.1, 0.15) is 45.6 Å². The van der Waals surface area contributed by atoms with Crippen molar-refractivity contribution in [1.82, 2.24) is 20.0 Å². The molecule has 1 saturated carbocycles. The summed E-state index contributed by atoms with van der Waals surface area (Å²) in [4.78, 5) is 17.2. The molecule has 1 aliphatic carbocycles. The van der Waals surface area contributed by atoms with Crippen LogP contribution in [0.5, 0.6) is 0 Å². The summed E-state index contributed by atoms with van der Waals surface area (Å²) in [5.74, 6) is 0.444. The number of hydrogen-bond acceptors (Lipinski definition) is 3. The first-order valence-corrected chi connectivity index (χ1v) is 11.0. The van der Waals surface area contributed by atoms with E-state index in [4.69, 9.17) is 0 Å². The molecule has 0 radical (unpaired) electrons. The Morgan fingerprint density at radius 1 is 1.22 bits per heavy atom. The lowest BCUT2D eigenvalue weighted by molar-refractivity contribution is 0.318. The molecular formula is C20H30N4O2S. The van der Waals surface area contributed by atoms with Crippen LogP contribution in [-0.2, 0) is 17.4 Å².